The van der Waals surface area contributed by atoms with Crippen LogP contribution in [0.4, 0.5) is 5.69 Å². The highest BCUT2D eigenvalue weighted by molar-refractivity contribution is 6.32. The molecule has 1 N–H and O–H groups in total. The van der Waals surface area contributed by atoms with E-state index < -0.39 is 0 Å². The summed E-state index contributed by atoms with van der Waals surface area (Å²) in [6.45, 7) is 5.82. The van der Waals surface area contributed by atoms with Crippen LogP contribution in [0.5, 0.6) is 0 Å². The van der Waals surface area contributed by atoms with Gasteiger partial charge in [-0.2, -0.15) is 0 Å². The standard InChI is InChI=1S/C15H17ClN2O2/c1-4-10-6-7-12(16)11(5-2)14(10)17-15(19)13-8-9(3)18-20-13/h6-8H,4-5H2,1-3H3,(H,17,19). The van der Waals surface area contributed by atoms with Crippen molar-refractivity contribution in [1.82, 2.24) is 5.16 Å². The molecule has 2 rings (SSSR count). The van der Waals surface area contributed by atoms with E-state index in [1.54, 1.807) is 13.0 Å². The largest absolute Gasteiger partial charge is 0.351 e. The summed E-state index contributed by atoms with van der Waals surface area (Å²) in [7, 11) is 0. The Morgan fingerprint density at radius 2 is 2.10 bits per heavy atom. The van der Waals surface area contributed by atoms with Gasteiger partial charge in [-0.15, -0.1) is 0 Å². The summed E-state index contributed by atoms with van der Waals surface area (Å²) in [6.07, 6.45) is 1.56. The Kier molecular flexibility index (Phi) is 4.45. The van der Waals surface area contributed by atoms with Crippen LogP contribution in [0.2, 0.25) is 5.02 Å². The molecule has 0 aliphatic carbocycles. The van der Waals surface area contributed by atoms with Gasteiger partial charge in [-0.05, 0) is 37.0 Å². The van der Waals surface area contributed by atoms with Crippen molar-refractivity contribution in [2.75, 3.05) is 5.32 Å². The SMILES string of the molecule is CCc1ccc(Cl)c(CC)c1NC(=O)c1cc(C)no1. The van der Waals surface area contributed by atoms with Crippen molar-refractivity contribution in [1.29, 1.82) is 0 Å². The van der Waals surface area contributed by atoms with Gasteiger partial charge in [0.1, 0.15) is 0 Å². The first kappa shape index (κ1) is 14.6. The Labute approximate surface area is 123 Å². The molecule has 1 amide bonds. The summed E-state index contributed by atoms with van der Waals surface area (Å²) in [5.41, 5.74) is 3.45. The summed E-state index contributed by atoms with van der Waals surface area (Å²) < 4.78 is 4.98. The first-order valence-corrected chi connectivity index (χ1v) is 6.99. The van der Waals surface area contributed by atoms with Crippen LogP contribution in [-0.4, -0.2) is 11.1 Å². The first-order valence-electron chi connectivity index (χ1n) is 6.61. The minimum atomic E-state index is -0.308. The van der Waals surface area contributed by atoms with Crippen LogP contribution in [0.1, 0.15) is 41.2 Å². The van der Waals surface area contributed by atoms with Gasteiger partial charge in [-0.3, -0.25) is 4.79 Å². The van der Waals surface area contributed by atoms with E-state index in [0.29, 0.717) is 10.7 Å². The van der Waals surface area contributed by atoms with E-state index in [9.17, 15) is 4.79 Å². The van der Waals surface area contributed by atoms with Crippen LogP contribution in [0.15, 0.2) is 22.7 Å². The van der Waals surface area contributed by atoms with E-state index in [4.69, 9.17) is 16.1 Å². The summed E-state index contributed by atoms with van der Waals surface area (Å²) in [4.78, 5) is 12.2. The lowest BCUT2D eigenvalue weighted by atomic mass is 10.0. The van der Waals surface area contributed by atoms with Gasteiger partial charge >= 0.3 is 0 Å². The van der Waals surface area contributed by atoms with E-state index in [0.717, 1.165) is 29.7 Å². The number of hydrogen-bond donors (Lipinski definition) is 1. The van der Waals surface area contributed by atoms with Gasteiger partial charge in [-0.1, -0.05) is 36.7 Å². The zero-order chi connectivity index (χ0) is 14.7. The van der Waals surface area contributed by atoms with Crippen molar-refractivity contribution in [3.8, 4) is 0 Å². The van der Waals surface area contributed by atoms with E-state index in [-0.39, 0.29) is 11.7 Å². The highest BCUT2D eigenvalue weighted by Crippen LogP contribution is 2.29. The van der Waals surface area contributed by atoms with Crippen LogP contribution in [0.3, 0.4) is 0 Å². The van der Waals surface area contributed by atoms with Crippen LogP contribution in [-0.2, 0) is 12.8 Å². The number of carbonyl (C=O) groups excluding carboxylic acids is 1. The molecule has 0 radical (unpaired) electrons. The van der Waals surface area contributed by atoms with Crippen molar-refractivity contribution >= 4 is 23.2 Å². The maximum Gasteiger partial charge on any atom is 0.294 e. The minimum absolute atomic E-state index is 0.201. The number of carbonyl (C=O) groups is 1. The molecule has 0 bridgehead atoms. The van der Waals surface area contributed by atoms with E-state index in [2.05, 4.69) is 10.5 Å². The van der Waals surface area contributed by atoms with Gasteiger partial charge < -0.3 is 9.84 Å². The molecule has 0 spiro atoms. The third-order valence-electron chi connectivity index (χ3n) is 3.17. The number of aryl methyl sites for hydroxylation is 2. The highest BCUT2D eigenvalue weighted by atomic mass is 35.5. The fraction of sp³-hybridized carbons (Fsp3) is 0.333. The number of hydrogen-bond acceptors (Lipinski definition) is 3. The van der Waals surface area contributed by atoms with Gasteiger partial charge in [0.25, 0.3) is 5.91 Å². The molecule has 0 saturated heterocycles. The summed E-state index contributed by atoms with van der Waals surface area (Å²) in [5, 5.41) is 7.28. The Morgan fingerprint density at radius 3 is 2.65 bits per heavy atom. The lowest BCUT2D eigenvalue weighted by Gasteiger charge is -2.15. The summed E-state index contributed by atoms with van der Waals surface area (Å²) in [6, 6.07) is 5.41. The molecule has 1 aromatic carbocycles. The molecular weight excluding hydrogens is 276 g/mol. The molecule has 0 aliphatic rings. The molecule has 1 aromatic heterocycles. The fourth-order valence-electron chi connectivity index (χ4n) is 2.11. The quantitative estimate of drug-likeness (QED) is 0.926. The number of nitrogens with one attached hydrogen (secondary N) is 1. The predicted octanol–water partition coefficient (Wildman–Crippen LogP) is 4.01. The van der Waals surface area contributed by atoms with Crippen molar-refractivity contribution in [3.05, 3.63) is 45.8 Å². The Balaban J connectivity index is 2.37. The monoisotopic (exact) mass is 292 g/mol. The number of amides is 1. The molecule has 0 unspecified atom stereocenters. The van der Waals surface area contributed by atoms with E-state index in [1.165, 1.54) is 0 Å². The average molecular weight is 293 g/mol. The minimum Gasteiger partial charge on any atom is -0.351 e. The summed E-state index contributed by atoms with van der Waals surface area (Å²) >= 11 is 6.20. The Morgan fingerprint density at radius 1 is 1.35 bits per heavy atom. The fourth-order valence-corrected chi connectivity index (χ4v) is 2.40. The van der Waals surface area contributed by atoms with Gasteiger partial charge in [-0.25, -0.2) is 0 Å². The molecule has 106 valence electrons. The second-order valence-electron chi connectivity index (χ2n) is 4.55. The lowest BCUT2D eigenvalue weighted by Crippen LogP contribution is -2.14. The van der Waals surface area contributed by atoms with Gasteiger partial charge in [0.15, 0.2) is 0 Å². The smallest absolute Gasteiger partial charge is 0.294 e. The number of nitrogens with zero attached hydrogens (tertiary/aromatic N) is 1. The summed E-state index contributed by atoms with van der Waals surface area (Å²) in [5.74, 6) is -0.108. The molecule has 0 fully saturated rings. The molecule has 20 heavy (non-hydrogen) atoms. The van der Waals surface area contributed by atoms with E-state index in [1.807, 2.05) is 26.0 Å². The van der Waals surface area contributed by atoms with Crippen molar-refractivity contribution in [3.63, 3.8) is 0 Å². The number of rotatable bonds is 4. The zero-order valence-corrected chi connectivity index (χ0v) is 12.5. The number of benzene rings is 1. The lowest BCUT2D eigenvalue weighted by molar-refractivity contribution is 0.0987. The highest BCUT2D eigenvalue weighted by Gasteiger charge is 2.17. The van der Waals surface area contributed by atoms with Crippen molar-refractivity contribution < 1.29 is 9.32 Å². The van der Waals surface area contributed by atoms with Crippen molar-refractivity contribution in [2.45, 2.75) is 33.6 Å². The Bertz CT molecular complexity index is 635. The molecule has 0 atom stereocenters. The molecule has 1 heterocycles. The molecule has 0 saturated carbocycles. The van der Waals surface area contributed by atoms with Crippen LogP contribution < -0.4 is 5.32 Å². The molecular formula is C15H17ClN2O2. The maximum atomic E-state index is 12.2. The number of aromatic nitrogens is 1. The number of halogens is 1. The Hall–Kier alpha value is -1.81. The second kappa shape index (κ2) is 6.09. The van der Waals surface area contributed by atoms with Gasteiger partial charge in [0, 0.05) is 16.8 Å². The van der Waals surface area contributed by atoms with Crippen LogP contribution in [0.25, 0.3) is 0 Å². The number of anilines is 1. The second-order valence-corrected chi connectivity index (χ2v) is 4.96. The topological polar surface area (TPSA) is 55.1 Å². The third kappa shape index (κ3) is 2.85. The zero-order valence-electron chi connectivity index (χ0n) is 11.8. The van der Waals surface area contributed by atoms with Gasteiger partial charge in [0.05, 0.1) is 5.69 Å². The first-order chi connectivity index (χ1) is 9.56. The molecule has 0 aliphatic heterocycles. The molecule has 2 aromatic rings. The van der Waals surface area contributed by atoms with Crippen LogP contribution in [0, 0.1) is 6.92 Å². The maximum absolute atomic E-state index is 12.2. The van der Waals surface area contributed by atoms with Gasteiger partial charge in [0.2, 0.25) is 5.76 Å². The molecule has 4 nitrogen and oxygen atoms in total. The molecule has 5 heteroatoms. The third-order valence-corrected chi connectivity index (χ3v) is 3.52. The van der Waals surface area contributed by atoms with Crippen molar-refractivity contribution in [2.24, 2.45) is 0 Å². The normalized spacial score (nSPS) is 10.6. The predicted molar refractivity (Wildman–Crippen MR) is 79.4 cm³/mol. The van der Waals surface area contributed by atoms with Crippen LogP contribution >= 0.6 is 11.6 Å². The average Bonchev–Trinajstić information content (AvgIpc) is 2.86. The van der Waals surface area contributed by atoms with E-state index >= 15 is 0 Å².